The summed E-state index contributed by atoms with van der Waals surface area (Å²) in [6.07, 6.45) is -20.9. The molecule has 30 N–H and O–H groups in total. The number of carbonyl (C=O) groups is 15. The summed E-state index contributed by atoms with van der Waals surface area (Å²) >= 11 is 0. The molecule has 664 valence electrons. The van der Waals surface area contributed by atoms with E-state index in [1.165, 1.54) is 30.5 Å². The highest BCUT2D eigenvalue weighted by molar-refractivity contribution is 8.76. The van der Waals surface area contributed by atoms with Gasteiger partial charge >= 0.3 is 29.8 Å². The molecular formula is C69H105N17O31S2. The van der Waals surface area contributed by atoms with Gasteiger partial charge < -0.3 is 151 Å². The number of aromatic nitrogens is 4. The summed E-state index contributed by atoms with van der Waals surface area (Å²) in [4.78, 5) is 213. The van der Waals surface area contributed by atoms with Crippen molar-refractivity contribution in [2.75, 3.05) is 68.6 Å². The summed E-state index contributed by atoms with van der Waals surface area (Å²) in [6, 6.07) is -7.35. The number of aromatic amines is 1. The second kappa shape index (κ2) is 54.4. The highest BCUT2D eigenvalue weighted by Crippen LogP contribution is 2.23. The lowest BCUT2D eigenvalue weighted by Crippen LogP contribution is -2.59. The van der Waals surface area contributed by atoms with Crippen LogP contribution in [0.5, 0.6) is 0 Å². The van der Waals surface area contributed by atoms with Crippen molar-refractivity contribution in [2.45, 2.75) is 207 Å². The predicted molar refractivity (Wildman–Crippen MR) is 413 cm³/mol. The SMILES string of the molecule is CC(=O)N[C@@H](CCC(=O)NC[C@H](O)[C@@H](O)C[C@H](O)CO)C(=O)N[C@@H](CCC(=O)O)C(=O)N[C@@H](CCC(=O)NCC[C@@H](O)C[C@H](O)CO)C(=O)N[C@@H](CCC(=O)O)C(=O)N[C@@H](CCC(=O)NC[C@H](O)[C@@H](O)C[C@H](O)CO)C(=O)N[C@@H](CSSCCOC(=O)CC[C@H](NC(=O)c1ccc(NCc2cnc3nc(N)[nH]c(=N)c3n2)cc1)C(=O)O)C(=O)O. The minimum absolute atomic E-state index is 0.0133. The van der Waals surface area contributed by atoms with Gasteiger partial charge in [-0.2, -0.15) is 4.98 Å². The van der Waals surface area contributed by atoms with E-state index in [1.54, 1.807) is 0 Å². The van der Waals surface area contributed by atoms with Crippen LogP contribution in [0.15, 0.2) is 30.5 Å². The van der Waals surface area contributed by atoms with Gasteiger partial charge in [0.05, 0.1) is 87.1 Å². The van der Waals surface area contributed by atoms with E-state index in [0.717, 1.165) is 28.5 Å². The fraction of sp³-hybridized carbons (Fsp3) is 0.609. The van der Waals surface area contributed by atoms with Gasteiger partial charge in [0.1, 0.15) is 48.9 Å². The molecule has 48 nitrogen and oxygen atoms in total. The number of anilines is 2. The molecule has 10 amide bonds. The van der Waals surface area contributed by atoms with E-state index in [4.69, 9.17) is 21.0 Å². The van der Waals surface area contributed by atoms with Crippen molar-refractivity contribution in [2.24, 2.45) is 0 Å². The number of nitrogens with one attached hydrogen (secondary N) is 13. The number of aliphatic hydroxyl groups is 11. The van der Waals surface area contributed by atoms with Gasteiger partial charge in [0, 0.05) is 107 Å². The molecule has 1 aromatic carbocycles. The number of carboxylic acid groups (broad SMARTS) is 4. The number of aliphatic hydroxyl groups excluding tert-OH is 11. The van der Waals surface area contributed by atoms with Crippen LogP contribution in [0.1, 0.15) is 126 Å². The number of aliphatic carboxylic acids is 4. The molecule has 0 aliphatic carbocycles. The van der Waals surface area contributed by atoms with Gasteiger partial charge in [-0.05, 0) is 69.2 Å². The van der Waals surface area contributed by atoms with Crippen molar-refractivity contribution >= 4 is 133 Å². The van der Waals surface area contributed by atoms with Crippen LogP contribution in [0.3, 0.4) is 0 Å². The van der Waals surface area contributed by atoms with Crippen molar-refractivity contribution in [3.05, 3.63) is 47.2 Å². The summed E-state index contributed by atoms with van der Waals surface area (Å²) < 4.78 is 5.20. The zero-order valence-electron chi connectivity index (χ0n) is 64.4. The van der Waals surface area contributed by atoms with Crippen molar-refractivity contribution in [1.29, 1.82) is 5.41 Å². The molecule has 0 saturated carbocycles. The van der Waals surface area contributed by atoms with Gasteiger partial charge in [0.2, 0.25) is 59.1 Å². The third kappa shape index (κ3) is 41.1. The number of esters is 1. The smallest absolute Gasteiger partial charge is 0.327 e. The van der Waals surface area contributed by atoms with Crippen molar-refractivity contribution in [3.8, 4) is 0 Å². The van der Waals surface area contributed by atoms with E-state index in [0.29, 0.717) is 11.4 Å². The molecular weight excluding hydrogens is 1630 g/mol. The first-order chi connectivity index (χ1) is 56.2. The molecule has 0 spiro atoms. The van der Waals surface area contributed by atoms with Crippen LogP contribution in [0.25, 0.3) is 11.2 Å². The number of fused-ring (bicyclic) bond motifs is 1. The zero-order chi connectivity index (χ0) is 89.0. The number of carbonyl (C=O) groups excluding carboxylic acids is 11. The molecule has 0 bridgehead atoms. The maximum atomic E-state index is 14.6. The van der Waals surface area contributed by atoms with E-state index in [1.807, 2.05) is 0 Å². The van der Waals surface area contributed by atoms with E-state index in [-0.39, 0.29) is 66.5 Å². The minimum Gasteiger partial charge on any atom is -0.481 e. The molecule has 3 aromatic rings. The number of H-pyrrole nitrogens is 1. The molecule has 0 radical (unpaired) electrons. The summed E-state index contributed by atoms with van der Waals surface area (Å²) in [5.41, 5.74) is 6.90. The van der Waals surface area contributed by atoms with Crippen LogP contribution < -0.4 is 69.7 Å². The Kier molecular flexibility index (Phi) is 46.9. The number of nitrogens with two attached hydrogens (primary N) is 1. The lowest BCUT2D eigenvalue weighted by molar-refractivity contribution is -0.144. The first-order valence-corrected chi connectivity index (χ1v) is 39.6. The van der Waals surface area contributed by atoms with Gasteiger partial charge in [-0.15, -0.1) is 0 Å². The van der Waals surface area contributed by atoms with E-state index >= 15 is 0 Å². The first-order valence-electron chi connectivity index (χ1n) is 37.1. The highest BCUT2D eigenvalue weighted by Gasteiger charge is 2.36. The van der Waals surface area contributed by atoms with Crippen molar-refractivity contribution in [3.63, 3.8) is 0 Å². The van der Waals surface area contributed by atoms with Gasteiger partial charge in [-0.25, -0.2) is 19.6 Å². The highest BCUT2D eigenvalue weighted by atomic mass is 33.1. The third-order valence-corrected chi connectivity index (χ3v) is 19.5. The molecule has 0 saturated heterocycles. The zero-order valence-corrected chi connectivity index (χ0v) is 66.0. The van der Waals surface area contributed by atoms with Crippen LogP contribution in [0.4, 0.5) is 11.6 Å². The van der Waals surface area contributed by atoms with Crippen LogP contribution in [-0.2, 0) is 78.4 Å². The van der Waals surface area contributed by atoms with Crippen molar-refractivity contribution < 1.29 is 153 Å². The monoisotopic (exact) mass is 1730 g/mol. The number of benzene rings is 1. The lowest BCUT2D eigenvalue weighted by Gasteiger charge is -2.27. The number of carboxylic acids is 4. The number of hydrogen-bond donors (Lipinski definition) is 29. The van der Waals surface area contributed by atoms with E-state index in [2.05, 4.69) is 78.4 Å². The third-order valence-electron chi connectivity index (χ3n) is 17.2. The van der Waals surface area contributed by atoms with Gasteiger partial charge in [-0.1, -0.05) is 21.6 Å². The number of rotatable bonds is 60. The Morgan fingerprint density at radius 3 is 1.37 bits per heavy atom. The van der Waals surface area contributed by atoms with E-state index < -0.39 is 309 Å². The quantitative estimate of drug-likeness (QED) is 0.0142. The Labute approximate surface area is 685 Å². The summed E-state index contributed by atoms with van der Waals surface area (Å²) in [7, 11) is 1.73. The molecule has 0 unspecified atom stereocenters. The second-order valence-electron chi connectivity index (χ2n) is 27.0. The largest absolute Gasteiger partial charge is 0.481 e. The van der Waals surface area contributed by atoms with Crippen LogP contribution >= 0.6 is 21.6 Å². The molecule has 3 rings (SSSR count). The minimum atomic E-state index is -2.09. The normalized spacial score (nSPS) is 15.0. The molecule has 119 heavy (non-hydrogen) atoms. The topological polar surface area (TPSA) is 805 Å². The molecule has 0 fully saturated rings. The van der Waals surface area contributed by atoms with Gasteiger partial charge in [-0.3, -0.25) is 67.7 Å². The Morgan fingerprint density at radius 1 is 0.496 bits per heavy atom. The van der Waals surface area contributed by atoms with Crippen LogP contribution in [0.2, 0.25) is 0 Å². The Bertz CT molecular complexity index is 3930. The average molecular weight is 1730 g/mol. The molecule has 15 atom stereocenters. The average Bonchev–Trinajstić information content (AvgIpc) is 0.810. The maximum absolute atomic E-state index is 14.6. The number of amides is 10. The molecule has 2 aromatic heterocycles. The first kappa shape index (κ1) is 103. The predicted octanol–water partition coefficient (Wildman–Crippen LogP) is -9.23. The number of ether oxygens (including phenoxy) is 1. The molecule has 50 heteroatoms. The Morgan fingerprint density at radius 2 is 0.924 bits per heavy atom. The van der Waals surface area contributed by atoms with Crippen molar-refractivity contribution in [1.82, 2.24) is 73.1 Å². The van der Waals surface area contributed by atoms with Crippen LogP contribution in [-0.4, -0.2) is 334 Å². The fourth-order valence-electron chi connectivity index (χ4n) is 10.6. The van der Waals surface area contributed by atoms with E-state index in [9.17, 15) is 143 Å². The Balaban J connectivity index is 1.84. The fourth-order valence-corrected chi connectivity index (χ4v) is 12.6. The van der Waals surface area contributed by atoms with Gasteiger partial charge in [0.25, 0.3) is 5.91 Å². The number of nitrogens with zero attached hydrogens (tertiary/aromatic N) is 3. The molecule has 0 aliphatic rings. The molecule has 2 heterocycles. The number of hydrogen-bond acceptors (Lipinski definition) is 35. The second-order valence-corrected chi connectivity index (χ2v) is 29.6. The number of nitrogen functional groups attached to an aromatic ring is 1. The maximum Gasteiger partial charge on any atom is 0.327 e. The summed E-state index contributed by atoms with van der Waals surface area (Å²) in [5, 5.41) is 181. The molecule has 0 aliphatic heterocycles. The Hall–Kier alpha value is -10.7. The standard InChI is InChI=1S/C69H105N17O31S2/c1-33(90)77-41(6-13-53(100)74-27-50(97)48(95)23-39(93)30-88)62(108)81-44(9-15-55(102)103)64(110)79-42(7-12-52(99)72-19-18-37(91)22-38(92)29-87)63(109)82-45(10-16-56(104)105)65(111)80-43(8-14-54(101)75-28-51(98)49(96)24-40(94)31-89)66(112)84-47(68(115)116)32-119-118-21-20-117-57(106)17-11-46(67(113)114)83-61(107)34-2-4-35(5-3-34)73-25-36-26-76-60-58(78-36)59(70)85-69(71)86-60/h2-5,26,37-51,73,87-89,91-98H,6-25,27-32H2,1H3,(H,72,99)(H,74,100)(H,75,101)(H,77,90)(H,79,110)(H,80,111)(H,81,108)(H,82,109)(H,83,107)(H,84,112)(H,102,103)(H,104,105)(H,113,114)(H,115,116)(H4,70,71,76,85,86)/t37-,38+,39+,40+,41+,42+,43+,44+,45+,46+,47+,48+,49+,50+,51+/m1/s1. The van der Waals surface area contributed by atoms with Crippen LogP contribution in [0, 0.1) is 5.41 Å². The summed E-state index contributed by atoms with van der Waals surface area (Å²) in [6.45, 7) is -3.07. The summed E-state index contributed by atoms with van der Waals surface area (Å²) in [5.74, 6) is -19.0. The van der Waals surface area contributed by atoms with Gasteiger partial charge in [0.15, 0.2) is 16.7 Å². The lowest BCUT2D eigenvalue weighted by atomic mass is 10.0.